The summed E-state index contributed by atoms with van der Waals surface area (Å²) in [5.41, 5.74) is 0.392. The third kappa shape index (κ3) is 1.60. The van der Waals surface area contributed by atoms with Crippen molar-refractivity contribution >= 4 is 8.32 Å². The third-order valence-corrected chi connectivity index (χ3v) is 4.11. The van der Waals surface area contributed by atoms with E-state index in [1.165, 1.54) is 32.1 Å². The highest BCUT2D eigenvalue weighted by Gasteiger charge is 2.57. The van der Waals surface area contributed by atoms with Gasteiger partial charge >= 0.3 is 0 Å². The van der Waals surface area contributed by atoms with Crippen LogP contribution in [-0.4, -0.2) is 13.9 Å². The normalized spacial score (nSPS) is 40.8. The summed E-state index contributed by atoms with van der Waals surface area (Å²) in [7, 11) is -1.28. The first-order valence-corrected chi connectivity index (χ1v) is 8.63. The lowest BCUT2D eigenvalue weighted by molar-refractivity contribution is 0.120. The summed E-state index contributed by atoms with van der Waals surface area (Å²) in [4.78, 5) is 0. The smallest absolute Gasteiger partial charge is 0.184 e. The average Bonchev–Trinajstić information content (AvgIpc) is 2.56. The molecule has 2 atom stereocenters. The van der Waals surface area contributed by atoms with Crippen LogP contribution in [0.3, 0.4) is 0 Å². The highest BCUT2D eigenvalue weighted by atomic mass is 28.4. The van der Waals surface area contributed by atoms with E-state index in [-0.39, 0.29) is 0 Å². The van der Waals surface area contributed by atoms with Gasteiger partial charge in [-0.15, -0.1) is 0 Å². The SMILES string of the molecule is C[Si](C)(C)OC12CCCCC1C2. The van der Waals surface area contributed by atoms with E-state index in [9.17, 15) is 0 Å². The minimum absolute atomic E-state index is 0.392. The van der Waals surface area contributed by atoms with Crippen LogP contribution >= 0.6 is 0 Å². The Kier molecular flexibility index (Phi) is 1.88. The van der Waals surface area contributed by atoms with Gasteiger partial charge in [-0.25, -0.2) is 0 Å². The van der Waals surface area contributed by atoms with Gasteiger partial charge in [0.25, 0.3) is 0 Å². The summed E-state index contributed by atoms with van der Waals surface area (Å²) >= 11 is 0. The molecule has 2 aliphatic carbocycles. The van der Waals surface area contributed by atoms with Crippen LogP contribution in [0.25, 0.3) is 0 Å². The first-order valence-electron chi connectivity index (χ1n) is 5.22. The summed E-state index contributed by atoms with van der Waals surface area (Å²) < 4.78 is 6.28. The van der Waals surface area contributed by atoms with Gasteiger partial charge in [-0.05, 0) is 44.8 Å². The van der Waals surface area contributed by atoms with Crippen LogP contribution in [0.4, 0.5) is 0 Å². The maximum Gasteiger partial charge on any atom is 0.184 e. The lowest BCUT2D eigenvalue weighted by atomic mass is 9.98. The molecule has 0 spiro atoms. The quantitative estimate of drug-likeness (QED) is 0.599. The summed E-state index contributed by atoms with van der Waals surface area (Å²) in [5.74, 6) is 0.943. The Morgan fingerprint density at radius 3 is 2.58 bits per heavy atom. The molecule has 2 rings (SSSR count). The molecule has 0 aliphatic heterocycles. The zero-order valence-electron chi connectivity index (χ0n) is 8.52. The number of hydrogen-bond acceptors (Lipinski definition) is 1. The van der Waals surface area contributed by atoms with Crippen molar-refractivity contribution in [2.24, 2.45) is 5.92 Å². The maximum absolute atomic E-state index is 6.28. The fourth-order valence-electron chi connectivity index (χ4n) is 2.63. The van der Waals surface area contributed by atoms with Crippen LogP contribution < -0.4 is 0 Å². The lowest BCUT2D eigenvalue weighted by Gasteiger charge is -2.30. The molecule has 2 heteroatoms. The van der Waals surface area contributed by atoms with Gasteiger partial charge in [-0.2, -0.15) is 0 Å². The molecule has 70 valence electrons. The average molecular weight is 184 g/mol. The Balaban J connectivity index is 1.96. The van der Waals surface area contributed by atoms with Crippen LogP contribution in [0.2, 0.25) is 19.6 Å². The zero-order chi connectivity index (χ0) is 8.82. The summed E-state index contributed by atoms with van der Waals surface area (Å²) in [6, 6.07) is 0. The van der Waals surface area contributed by atoms with Crippen molar-refractivity contribution in [2.75, 3.05) is 0 Å². The van der Waals surface area contributed by atoms with Gasteiger partial charge in [0.15, 0.2) is 8.32 Å². The minimum atomic E-state index is -1.28. The van der Waals surface area contributed by atoms with Gasteiger partial charge in [0.1, 0.15) is 0 Å². The molecule has 0 N–H and O–H groups in total. The highest BCUT2D eigenvalue weighted by molar-refractivity contribution is 6.69. The number of hydrogen-bond donors (Lipinski definition) is 0. The molecule has 2 saturated carbocycles. The van der Waals surface area contributed by atoms with Crippen LogP contribution in [0.5, 0.6) is 0 Å². The topological polar surface area (TPSA) is 9.23 Å². The largest absolute Gasteiger partial charge is 0.412 e. The van der Waals surface area contributed by atoms with Gasteiger partial charge < -0.3 is 4.43 Å². The number of rotatable bonds is 2. The van der Waals surface area contributed by atoms with Crippen LogP contribution in [-0.2, 0) is 4.43 Å². The van der Waals surface area contributed by atoms with E-state index in [0.717, 1.165) is 5.92 Å². The van der Waals surface area contributed by atoms with Gasteiger partial charge in [-0.3, -0.25) is 0 Å². The van der Waals surface area contributed by atoms with Crippen molar-refractivity contribution in [3.63, 3.8) is 0 Å². The highest BCUT2D eigenvalue weighted by Crippen LogP contribution is 2.57. The van der Waals surface area contributed by atoms with Crippen LogP contribution in [0.1, 0.15) is 32.1 Å². The zero-order valence-corrected chi connectivity index (χ0v) is 9.52. The summed E-state index contributed by atoms with van der Waals surface area (Å²) in [5, 5.41) is 0. The van der Waals surface area contributed by atoms with E-state index < -0.39 is 8.32 Å². The molecule has 1 nitrogen and oxygen atoms in total. The van der Waals surface area contributed by atoms with Crippen molar-refractivity contribution in [3.05, 3.63) is 0 Å². The predicted molar refractivity (Wildman–Crippen MR) is 53.7 cm³/mol. The molecule has 0 saturated heterocycles. The second kappa shape index (κ2) is 2.58. The molecule has 0 amide bonds. The molecule has 12 heavy (non-hydrogen) atoms. The molecule has 0 aromatic heterocycles. The predicted octanol–water partition coefficient (Wildman–Crippen LogP) is 3.17. The third-order valence-electron chi connectivity index (χ3n) is 3.09. The molecule has 0 radical (unpaired) electrons. The second-order valence-corrected chi connectivity index (χ2v) is 9.85. The maximum atomic E-state index is 6.28. The van der Waals surface area contributed by atoms with Gasteiger partial charge in [-0.1, -0.05) is 12.8 Å². The van der Waals surface area contributed by atoms with Crippen LogP contribution in [0, 0.1) is 5.92 Å². The summed E-state index contributed by atoms with van der Waals surface area (Å²) in [6.45, 7) is 6.93. The lowest BCUT2D eigenvalue weighted by Crippen LogP contribution is -2.35. The van der Waals surface area contributed by atoms with Crippen molar-refractivity contribution in [2.45, 2.75) is 57.3 Å². The molecule has 0 heterocycles. The standard InChI is InChI=1S/C10H20OSi/c1-12(2,3)11-10-7-5-4-6-9(10)8-10/h9H,4-8H2,1-3H3. The Bertz CT molecular complexity index is 185. The monoisotopic (exact) mass is 184 g/mol. The van der Waals surface area contributed by atoms with E-state index in [1.54, 1.807) is 0 Å². The van der Waals surface area contributed by atoms with Gasteiger partial charge in [0.2, 0.25) is 0 Å². The van der Waals surface area contributed by atoms with E-state index >= 15 is 0 Å². The van der Waals surface area contributed by atoms with E-state index in [4.69, 9.17) is 4.43 Å². The molecular weight excluding hydrogens is 164 g/mol. The van der Waals surface area contributed by atoms with Crippen molar-refractivity contribution in [3.8, 4) is 0 Å². The second-order valence-electron chi connectivity index (χ2n) is 5.43. The van der Waals surface area contributed by atoms with E-state index in [0.29, 0.717) is 5.60 Å². The Morgan fingerprint density at radius 1 is 1.25 bits per heavy atom. The fraction of sp³-hybridized carbons (Fsp3) is 1.00. The molecule has 0 aromatic rings. The Morgan fingerprint density at radius 2 is 2.00 bits per heavy atom. The molecule has 2 fully saturated rings. The Labute approximate surface area is 76.6 Å². The molecule has 0 aromatic carbocycles. The van der Waals surface area contributed by atoms with E-state index in [2.05, 4.69) is 19.6 Å². The molecule has 2 aliphatic rings. The van der Waals surface area contributed by atoms with Crippen molar-refractivity contribution < 1.29 is 4.43 Å². The fourth-order valence-corrected chi connectivity index (χ4v) is 4.20. The first kappa shape index (κ1) is 8.76. The molecule has 2 unspecified atom stereocenters. The Hall–Kier alpha value is 0.177. The van der Waals surface area contributed by atoms with Crippen molar-refractivity contribution in [1.82, 2.24) is 0 Å². The minimum Gasteiger partial charge on any atom is -0.412 e. The van der Waals surface area contributed by atoms with E-state index in [1.807, 2.05) is 0 Å². The van der Waals surface area contributed by atoms with Gasteiger partial charge in [0.05, 0.1) is 5.60 Å². The number of fused-ring (bicyclic) bond motifs is 1. The van der Waals surface area contributed by atoms with Gasteiger partial charge in [0, 0.05) is 0 Å². The van der Waals surface area contributed by atoms with Crippen LogP contribution in [0.15, 0.2) is 0 Å². The first-order chi connectivity index (χ1) is 5.52. The molecular formula is C10H20OSi. The van der Waals surface area contributed by atoms with Crippen molar-refractivity contribution in [1.29, 1.82) is 0 Å². The summed E-state index contributed by atoms with van der Waals surface area (Å²) in [6.07, 6.45) is 7.01. The molecule has 0 bridgehead atoms.